The van der Waals surface area contributed by atoms with Gasteiger partial charge in [-0.1, -0.05) is 19.8 Å². The smallest absolute Gasteiger partial charge is 0.253 e. The van der Waals surface area contributed by atoms with Crippen LogP contribution in [0.1, 0.15) is 55.8 Å². The highest BCUT2D eigenvalue weighted by molar-refractivity contribution is 5.94. The standard InChI is InChI=1S/C21H29FN2O2/c1-15-5-3-4-6-19(15)23(2)20(25)17-11-13-24(14-12-17)21(26)16-7-9-18(22)10-8-16/h7-10,15,17,19H,3-6,11-14H2,1-2H3. The Morgan fingerprint density at radius 2 is 1.65 bits per heavy atom. The minimum Gasteiger partial charge on any atom is -0.342 e. The van der Waals surface area contributed by atoms with E-state index in [1.54, 1.807) is 4.90 Å². The number of likely N-dealkylation sites (tertiary alicyclic amines) is 1. The van der Waals surface area contributed by atoms with Crippen LogP contribution in [0.3, 0.4) is 0 Å². The number of carbonyl (C=O) groups excluding carboxylic acids is 2. The van der Waals surface area contributed by atoms with Crippen molar-refractivity contribution in [3.63, 3.8) is 0 Å². The van der Waals surface area contributed by atoms with Gasteiger partial charge in [0.05, 0.1) is 0 Å². The molecule has 1 saturated heterocycles. The Labute approximate surface area is 155 Å². The van der Waals surface area contributed by atoms with Crippen LogP contribution in [-0.4, -0.2) is 47.8 Å². The minimum atomic E-state index is -0.342. The number of hydrogen-bond acceptors (Lipinski definition) is 2. The number of rotatable bonds is 3. The number of carbonyl (C=O) groups is 2. The van der Waals surface area contributed by atoms with Crippen molar-refractivity contribution in [1.82, 2.24) is 9.80 Å². The second-order valence-electron chi connectivity index (χ2n) is 7.85. The summed E-state index contributed by atoms with van der Waals surface area (Å²) in [5, 5.41) is 0. The van der Waals surface area contributed by atoms with Gasteiger partial charge < -0.3 is 9.80 Å². The summed E-state index contributed by atoms with van der Waals surface area (Å²) in [6.45, 7) is 3.42. The second kappa shape index (κ2) is 8.19. The van der Waals surface area contributed by atoms with Crippen molar-refractivity contribution < 1.29 is 14.0 Å². The van der Waals surface area contributed by atoms with Gasteiger partial charge >= 0.3 is 0 Å². The minimum absolute atomic E-state index is 0.00592. The molecule has 142 valence electrons. The van der Waals surface area contributed by atoms with Gasteiger partial charge in [0.1, 0.15) is 5.82 Å². The Morgan fingerprint density at radius 1 is 1.04 bits per heavy atom. The third kappa shape index (κ3) is 4.08. The highest BCUT2D eigenvalue weighted by Gasteiger charge is 2.34. The number of halogens is 1. The topological polar surface area (TPSA) is 40.6 Å². The first kappa shape index (κ1) is 18.9. The third-order valence-corrected chi connectivity index (χ3v) is 6.13. The number of benzene rings is 1. The summed E-state index contributed by atoms with van der Waals surface area (Å²) in [6.07, 6.45) is 6.19. The first-order valence-corrected chi connectivity index (χ1v) is 9.79. The van der Waals surface area contributed by atoms with E-state index in [0.29, 0.717) is 43.5 Å². The van der Waals surface area contributed by atoms with E-state index in [1.807, 2.05) is 11.9 Å². The maximum absolute atomic E-state index is 13.0. The molecule has 2 atom stereocenters. The van der Waals surface area contributed by atoms with E-state index in [1.165, 1.54) is 43.5 Å². The summed E-state index contributed by atoms with van der Waals surface area (Å²) < 4.78 is 13.0. The van der Waals surface area contributed by atoms with Crippen molar-refractivity contribution in [2.75, 3.05) is 20.1 Å². The van der Waals surface area contributed by atoms with Crippen molar-refractivity contribution in [3.05, 3.63) is 35.6 Å². The van der Waals surface area contributed by atoms with Crippen molar-refractivity contribution in [2.24, 2.45) is 11.8 Å². The average Bonchev–Trinajstić information content (AvgIpc) is 2.67. The van der Waals surface area contributed by atoms with Crippen molar-refractivity contribution in [2.45, 2.75) is 51.5 Å². The van der Waals surface area contributed by atoms with Crippen LogP contribution in [0.5, 0.6) is 0 Å². The molecular weight excluding hydrogens is 331 g/mol. The van der Waals surface area contributed by atoms with E-state index in [4.69, 9.17) is 0 Å². The van der Waals surface area contributed by atoms with E-state index in [2.05, 4.69) is 6.92 Å². The molecule has 1 aliphatic carbocycles. The van der Waals surface area contributed by atoms with Gasteiger partial charge in [-0.2, -0.15) is 0 Å². The fourth-order valence-corrected chi connectivity index (χ4v) is 4.43. The molecule has 2 unspecified atom stereocenters. The Kier molecular flexibility index (Phi) is 5.94. The number of amides is 2. The predicted molar refractivity (Wildman–Crippen MR) is 99.2 cm³/mol. The molecule has 0 spiro atoms. The van der Waals surface area contributed by atoms with Gasteiger partial charge in [0.2, 0.25) is 5.91 Å². The zero-order valence-electron chi connectivity index (χ0n) is 15.8. The molecule has 1 heterocycles. The van der Waals surface area contributed by atoms with Crippen LogP contribution in [-0.2, 0) is 4.79 Å². The number of hydrogen-bond donors (Lipinski definition) is 0. The summed E-state index contributed by atoms with van der Waals surface area (Å²) in [5.41, 5.74) is 0.504. The van der Waals surface area contributed by atoms with Gasteiger partial charge in [0, 0.05) is 37.7 Å². The molecule has 0 aromatic heterocycles. The monoisotopic (exact) mass is 360 g/mol. The molecule has 2 fully saturated rings. The predicted octanol–water partition coefficient (Wildman–Crippen LogP) is 3.72. The Morgan fingerprint density at radius 3 is 2.27 bits per heavy atom. The lowest BCUT2D eigenvalue weighted by Crippen LogP contribution is -2.48. The lowest BCUT2D eigenvalue weighted by atomic mass is 9.84. The van der Waals surface area contributed by atoms with Crippen LogP contribution in [0.4, 0.5) is 4.39 Å². The van der Waals surface area contributed by atoms with Crippen LogP contribution < -0.4 is 0 Å². The van der Waals surface area contributed by atoms with Crippen LogP contribution in [0, 0.1) is 17.7 Å². The lowest BCUT2D eigenvalue weighted by molar-refractivity contribution is -0.139. The maximum atomic E-state index is 13.0. The van der Waals surface area contributed by atoms with Gasteiger partial charge in [0.25, 0.3) is 5.91 Å². The van der Waals surface area contributed by atoms with Crippen LogP contribution >= 0.6 is 0 Å². The van der Waals surface area contributed by atoms with Gasteiger partial charge in [-0.3, -0.25) is 9.59 Å². The fourth-order valence-electron chi connectivity index (χ4n) is 4.43. The van der Waals surface area contributed by atoms with Gasteiger partial charge in [-0.15, -0.1) is 0 Å². The maximum Gasteiger partial charge on any atom is 0.253 e. The molecule has 26 heavy (non-hydrogen) atoms. The number of nitrogens with zero attached hydrogens (tertiary/aromatic N) is 2. The molecule has 4 nitrogen and oxygen atoms in total. The molecule has 0 radical (unpaired) electrons. The molecule has 1 aromatic carbocycles. The fraction of sp³-hybridized carbons (Fsp3) is 0.619. The zero-order chi connectivity index (χ0) is 18.7. The molecule has 5 heteroatoms. The highest BCUT2D eigenvalue weighted by atomic mass is 19.1. The molecule has 2 amide bonds. The third-order valence-electron chi connectivity index (χ3n) is 6.13. The molecule has 0 bridgehead atoms. The zero-order valence-corrected chi connectivity index (χ0v) is 15.8. The first-order chi connectivity index (χ1) is 12.5. The molecule has 3 rings (SSSR count). The van der Waals surface area contributed by atoms with E-state index >= 15 is 0 Å². The summed E-state index contributed by atoms with van der Waals surface area (Å²) in [4.78, 5) is 29.2. The highest BCUT2D eigenvalue weighted by Crippen LogP contribution is 2.30. The number of piperidine rings is 1. The van der Waals surface area contributed by atoms with Crippen LogP contribution in [0.15, 0.2) is 24.3 Å². The van der Waals surface area contributed by atoms with Gasteiger partial charge in [-0.25, -0.2) is 4.39 Å². The van der Waals surface area contributed by atoms with Crippen molar-refractivity contribution in [1.29, 1.82) is 0 Å². The molecule has 1 aromatic rings. The SMILES string of the molecule is CC1CCCCC1N(C)C(=O)C1CCN(C(=O)c2ccc(F)cc2)CC1. The van der Waals surface area contributed by atoms with E-state index in [-0.39, 0.29) is 23.5 Å². The van der Waals surface area contributed by atoms with Crippen molar-refractivity contribution >= 4 is 11.8 Å². The van der Waals surface area contributed by atoms with Crippen LogP contribution in [0.2, 0.25) is 0 Å². The Balaban J connectivity index is 1.55. The Bertz CT molecular complexity index is 638. The molecule has 1 saturated carbocycles. The van der Waals surface area contributed by atoms with Gasteiger partial charge in [-0.05, 0) is 55.9 Å². The second-order valence-corrected chi connectivity index (χ2v) is 7.85. The van der Waals surface area contributed by atoms with E-state index < -0.39 is 0 Å². The molecule has 0 N–H and O–H groups in total. The summed E-state index contributed by atoms with van der Waals surface area (Å²) in [7, 11) is 1.95. The molecule has 1 aliphatic heterocycles. The molecular formula is C21H29FN2O2. The first-order valence-electron chi connectivity index (χ1n) is 9.79. The van der Waals surface area contributed by atoms with E-state index in [9.17, 15) is 14.0 Å². The van der Waals surface area contributed by atoms with Gasteiger partial charge in [0.15, 0.2) is 0 Å². The lowest BCUT2D eigenvalue weighted by Gasteiger charge is -2.39. The van der Waals surface area contributed by atoms with Crippen LogP contribution in [0.25, 0.3) is 0 Å². The summed E-state index contributed by atoms with van der Waals surface area (Å²) >= 11 is 0. The summed E-state index contributed by atoms with van der Waals surface area (Å²) in [5.74, 6) is 0.387. The summed E-state index contributed by atoms with van der Waals surface area (Å²) in [6, 6.07) is 6.02. The normalized spacial score (nSPS) is 24.3. The quantitative estimate of drug-likeness (QED) is 0.824. The molecule has 2 aliphatic rings. The Hall–Kier alpha value is -1.91. The van der Waals surface area contributed by atoms with Crippen molar-refractivity contribution in [3.8, 4) is 0 Å². The van der Waals surface area contributed by atoms with E-state index in [0.717, 1.165) is 6.42 Å². The largest absolute Gasteiger partial charge is 0.342 e. The average molecular weight is 360 g/mol.